The van der Waals surface area contributed by atoms with Crippen molar-refractivity contribution in [2.75, 3.05) is 0 Å². The molecule has 1 heterocycles. The molecule has 0 radical (unpaired) electrons. The highest BCUT2D eigenvalue weighted by Gasteiger charge is 2.23. The second kappa shape index (κ2) is 10.1. The Balaban J connectivity index is 1.71. The second-order valence-electron chi connectivity index (χ2n) is 9.65. The van der Waals surface area contributed by atoms with Gasteiger partial charge in [0.05, 0.1) is 5.56 Å². The Labute approximate surface area is 214 Å². The lowest BCUT2D eigenvalue weighted by atomic mass is 9.86. The average Bonchev–Trinajstić information content (AvgIpc) is 3.17. The summed E-state index contributed by atoms with van der Waals surface area (Å²) in [7, 11) is 1.74. The molecule has 0 saturated heterocycles. The fraction of sp³-hybridized carbons (Fsp3) is 0.172. The summed E-state index contributed by atoms with van der Waals surface area (Å²) in [4.78, 5) is 23.8. The number of carbonyl (C=O) groups is 2. The Morgan fingerprint density at radius 2 is 1.46 bits per heavy atom. The summed E-state index contributed by atoms with van der Waals surface area (Å²) in [6.45, 7) is 6.41. The molecule has 4 aromatic rings. The van der Waals surface area contributed by atoms with Crippen LogP contribution < -0.4 is 5.43 Å². The molecule has 1 aromatic heterocycles. The zero-order valence-corrected chi connectivity index (χ0v) is 21.1. The number of rotatable bonds is 6. The molecule has 3 aromatic carbocycles. The third kappa shape index (κ3) is 5.43. The molecule has 0 bridgehead atoms. The Bertz CT molecular complexity index is 1460. The topological polar surface area (TPSA) is 117 Å². The molecule has 8 heteroatoms. The quantitative estimate of drug-likeness (QED) is 0.257. The predicted octanol–water partition coefficient (Wildman–Crippen LogP) is 4.97. The number of aryl methyl sites for hydroxylation is 1. The zero-order chi connectivity index (χ0) is 26.7. The van der Waals surface area contributed by atoms with Gasteiger partial charge in [-0.3, -0.25) is 9.48 Å². The van der Waals surface area contributed by atoms with Crippen molar-refractivity contribution < 1.29 is 19.8 Å². The first-order valence-corrected chi connectivity index (χ1v) is 11.7. The van der Waals surface area contributed by atoms with Crippen LogP contribution in [-0.4, -0.2) is 37.6 Å². The number of hydrogen-bond acceptors (Lipinski definition) is 5. The van der Waals surface area contributed by atoms with Crippen molar-refractivity contribution in [2.24, 2.45) is 12.1 Å². The molecule has 37 heavy (non-hydrogen) atoms. The molecular weight excluding hydrogens is 468 g/mol. The van der Waals surface area contributed by atoms with Gasteiger partial charge in [-0.05, 0) is 35.2 Å². The third-order valence-electron chi connectivity index (χ3n) is 5.98. The molecular formula is C29H28N4O4. The van der Waals surface area contributed by atoms with Crippen molar-refractivity contribution in [1.29, 1.82) is 0 Å². The molecule has 0 unspecified atom stereocenters. The third-order valence-corrected chi connectivity index (χ3v) is 5.98. The largest absolute Gasteiger partial charge is 0.504 e. The average molecular weight is 497 g/mol. The van der Waals surface area contributed by atoms with Crippen molar-refractivity contribution in [2.45, 2.75) is 26.2 Å². The number of carboxylic acid groups (broad SMARTS) is 1. The highest BCUT2D eigenvalue weighted by molar-refractivity contribution is 6.14. The van der Waals surface area contributed by atoms with Gasteiger partial charge in [0.1, 0.15) is 11.4 Å². The summed E-state index contributed by atoms with van der Waals surface area (Å²) in [5.41, 5.74) is 6.44. The van der Waals surface area contributed by atoms with E-state index in [1.807, 2.05) is 42.5 Å². The van der Waals surface area contributed by atoms with Gasteiger partial charge in [-0.15, -0.1) is 0 Å². The van der Waals surface area contributed by atoms with Crippen molar-refractivity contribution in [3.63, 3.8) is 0 Å². The number of benzene rings is 3. The molecule has 0 fully saturated rings. The SMILES string of the molecule is Cn1nc(/C(=N\NC(=O)c2ccc(C(=O)O)cc2)c2ccccc2)c(O)c1-c1ccc(C(C)(C)C)cc1. The minimum absolute atomic E-state index is 0.00250. The maximum absolute atomic E-state index is 12.7. The minimum Gasteiger partial charge on any atom is -0.504 e. The van der Waals surface area contributed by atoms with Crippen LogP contribution in [0.2, 0.25) is 0 Å². The van der Waals surface area contributed by atoms with Crippen LogP contribution in [0, 0.1) is 0 Å². The van der Waals surface area contributed by atoms with Gasteiger partial charge in [0.15, 0.2) is 11.4 Å². The van der Waals surface area contributed by atoms with E-state index in [4.69, 9.17) is 5.11 Å². The molecule has 188 valence electrons. The molecule has 0 aliphatic rings. The Morgan fingerprint density at radius 3 is 2.03 bits per heavy atom. The fourth-order valence-electron chi connectivity index (χ4n) is 3.91. The van der Waals surface area contributed by atoms with Gasteiger partial charge in [0.2, 0.25) is 0 Å². The number of aromatic nitrogens is 2. The fourth-order valence-corrected chi connectivity index (χ4v) is 3.91. The van der Waals surface area contributed by atoms with Gasteiger partial charge in [-0.25, -0.2) is 10.2 Å². The maximum Gasteiger partial charge on any atom is 0.335 e. The number of amides is 1. The minimum atomic E-state index is -1.08. The monoisotopic (exact) mass is 496 g/mol. The van der Waals surface area contributed by atoms with E-state index in [-0.39, 0.29) is 33.7 Å². The number of aromatic hydroxyl groups is 1. The smallest absolute Gasteiger partial charge is 0.335 e. The van der Waals surface area contributed by atoms with E-state index in [0.29, 0.717) is 11.3 Å². The summed E-state index contributed by atoms with van der Waals surface area (Å²) >= 11 is 0. The van der Waals surface area contributed by atoms with Gasteiger partial charge < -0.3 is 10.2 Å². The first kappa shape index (κ1) is 25.4. The number of hydrogen-bond donors (Lipinski definition) is 3. The zero-order valence-electron chi connectivity index (χ0n) is 21.1. The molecule has 3 N–H and O–H groups in total. The van der Waals surface area contributed by atoms with Crippen LogP contribution in [-0.2, 0) is 12.5 Å². The van der Waals surface area contributed by atoms with Crippen LogP contribution in [0.4, 0.5) is 0 Å². The van der Waals surface area contributed by atoms with E-state index in [2.05, 4.69) is 36.4 Å². The Hall–Kier alpha value is -4.72. The molecule has 0 aliphatic carbocycles. The number of aromatic carboxylic acids is 1. The summed E-state index contributed by atoms with van der Waals surface area (Å²) in [5, 5.41) is 29.2. The van der Waals surface area contributed by atoms with Crippen LogP contribution in [0.5, 0.6) is 5.75 Å². The molecule has 1 amide bonds. The number of nitrogens with zero attached hydrogens (tertiary/aromatic N) is 3. The summed E-state index contributed by atoms with van der Waals surface area (Å²) in [6.07, 6.45) is 0. The lowest BCUT2D eigenvalue weighted by molar-refractivity contribution is 0.0696. The van der Waals surface area contributed by atoms with Crippen LogP contribution >= 0.6 is 0 Å². The number of hydrazone groups is 1. The van der Waals surface area contributed by atoms with Gasteiger partial charge >= 0.3 is 5.97 Å². The lowest BCUT2D eigenvalue weighted by Crippen LogP contribution is -2.21. The highest BCUT2D eigenvalue weighted by Crippen LogP contribution is 2.34. The summed E-state index contributed by atoms with van der Waals surface area (Å²) < 4.78 is 1.58. The predicted molar refractivity (Wildman–Crippen MR) is 142 cm³/mol. The van der Waals surface area contributed by atoms with Crippen molar-refractivity contribution in [1.82, 2.24) is 15.2 Å². The van der Waals surface area contributed by atoms with E-state index in [1.165, 1.54) is 29.8 Å². The first-order chi connectivity index (χ1) is 17.6. The summed E-state index contributed by atoms with van der Waals surface area (Å²) in [5.74, 6) is -1.67. The molecule has 0 aliphatic heterocycles. The first-order valence-electron chi connectivity index (χ1n) is 11.7. The standard InChI is InChI=1S/C29H28N4O4/c1-29(2,3)22-16-14-19(15-17-22)25-26(34)24(32-33(25)4)23(18-8-6-5-7-9-18)30-31-27(35)20-10-12-21(13-11-20)28(36)37/h5-17,34H,1-4H3,(H,31,35)(H,36,37)/b30-23-. The van der Waals surface area contributed by atoms with Crippen molar-refractivity contribution in [3.05, 3.63) is 107 Å². The maximum atomic E-state index is 12.7. The van der Waals surface area contributed by atoms with Gasteiger partial charge in [0, 0.05) is 23.7 Å². The number of carbonyl (C=O) groups excluding carboxylic acids is 1. The van der Waals surface area contributed by atoms with E-state index in [1.54, 1.807) is 23.9 Å². The summed E-state index contributed by atoms with van der Waals surface area (Å²) in [6, 6.07) is 22.6. The number of carboxylic acids is 1. The van der Waals surface area contributed by atoms with E-state index >= 15 is 0 Å². The molecule has 4 rings (SSSR count). The Kier molecular flexibility index (Phi) is 6.93. The van der Waals surface area contributed by atoms with Gasteiger partial charge in [-0.1, -0.05) is 75.4 Å². The van der Waals surface area contributed by atoms with Crippen LogP contribution in [0.15, 0.2) is 84.0 Å². The van der Waals surface area contributed by atoms with Gasteiger partial charge in [0.25, 0.3) is 5.91 Å². The van der Waals surface area contributed by atoms with E-state index in [0.717, 1.165) is 5.56 Å². The van der Waals surface area contributed by atoms with Crippen LogP contribution in [0.25, 0.3) is 11.3 Å². The lowest BCUT2D eigenvalue weighted by Gasteiger charge is -2.19. The second-order valence-corrected chi connectivity index (χ2v) is 9.65. The van der Waals surface area contributed by atoms with Crippen LogP contribution in [0.3, 0.4) is 0 Å². The molecule has 0 atom stereocenters. The molecule has 8 nitrogen and oxygen atoms in total. The van der Waals surface area contributed by atoms with E-state index < -0.39 is 11.9 Å². The highest BCUT2D eigenvalue weighted by atomic mass is 16.4. The molecule has 0 saturated carbocycles. The molecule has 0 spiro atoms. The number of nitrogens with one attached hydrogen (secondary N) is 1. The van der Waals surface area contributed by atoms with Crippen LogP contribution in [0.1, 0.15) is 58.3 Å². The van der Waals surface area contributed by atoms with Gasteiger partial charge in [-0.2, -0.15) is 10.2 Å². The van der Waals surface area contributed by atoms with Crippen molar-refractivity contribution in [3.8, 4) is 17.0 Å². The van der Waals surface area contributed by atoms with E-state index in [9.17, 15) is 14.7 Å². The normalized spacial score (nSPS) is 11.8. The van der Waals surface area contributed by atoms with Crippen molar-refractivity contribution >= 4 is 17.6 Å². The Morgan fingerprint density at radius 1 is 0.865 bits per heavy atom.